The number of nitrogens with one attached hydrogen (secondary N) is 1. The van der Waals surface area contributed by atoms with Crippen molar-refractivity contribution in [1.82, 2.24) is 24.6 Å². The van der Waals surface area contributed by atoms with Gasteiger partial charge in [0.2, 0.25) is 0 Å². The van der Waals surface area contributed by atoms with Crippen molar-refractivity contribution in [1.29, 1.82) is 0 Å². The fraction of sp³-hybridized carbons (Fsp3) is 0.500. The summed E-state index contributed by atoms with van der Waals surface area (Å²) in [5.74, 6) is 0. The topological polar surface area (TPSA) is 47.7 Å². The molecule has 0 aliphatic carbocycles. The summed E-state index contributed by atoms with van der Waals surface area (Å²) in [7, 11) is 1.92. The molecular formula is C12H18BrN5. The van der Waals surface area contributed by atoms with Crippen LogP contribution in [0.5, 0.6) is 0 Å². The van der Waals surface area contributed by atoms with E-state index in [1.54, 1.807) is 0 Å². The summed E-state index contributed by atoms with van der Waals surface area (Å²) in [5.41, 5.74) is 3.26. The summed E-state index contributed by atoms with van der Waals surface area (Å²) >= 11 is 3.61. The van der Waals surface area contributed by atoms with Crippen molar-refractivity contribution in [2.45, 2.75) is 33.5 Å². The number of halogens is 1. The maximum atomic E-state index is 4.49. The number of hydrogen-bond donors (Lipinski definition) is 1. The van der Waals surface area contributed by atoms with Crippen LogP contribution >= 0.6 is 15.9 Å². The van der Waals surface area contributed by atoms with E-state index < -0.39 is 0 Å². The van der Waals surface area contributed by atoms with E-state index in [0.717, 1.165) is 35.5 Å². The first-order valence-corrected chi connectivity index (χ1v) is 6.82. The molecule has 0 fully saturated rings. The lowest BCUT2D eigenvalue weighted by Crippen LogP contribution is -2.08. The van der Waals surface area contributed by atoms with E-state index in [-0.39, 0.29) is 0 Å². The summed E-state index contributed by atoms with van der Waals surface area (Å²) in [6.07, 6.45) is 3.92. The Labute approximate surface area is 115 Å². The van der Waals surface area contributed by atoms with Crippen molar-refractivity contribution in [2.75, 3.05) is 7.05 Å². The van der Waals surface area contributed by atoms with Gasteiger partial charge in [-0.15, -0.1) is 0 Å². The highest BCUT2D eigenvalue weighted by molar-refractivity contribution is 9.10. The lowest BCUT2D eigenvalue weighted by atomic mass is 10.3. The second kappa shape index (κ2) is 5.67. The van der Waals surface area contributed by atoms with Crippen LogP contribution in [-0.2, 0) is 19.6 Å². The molecule has 18 heavy (non-hydrogen) atoms. The largest absolute Gasteiger partial charge is 0.331 e. The van der Waals surface area contributed by atoms with Crippen LogP contribution in [0.3, 0.4) is 0 Å². The predicted molar refractivity (Wildman–Crippen MR) is 74.4 cm³/mol. The van der Waals surface area contributed by atoms with Crippen molar-refractivity contribution < 1.29 is 0 Å². The molecule has 2 aromatic rings. The molecule has 0 aromatic carbocycles. The van der Waals surface area contributed by atoms with Crippen LogP contribution in [0.1, 0.15) is 24.0 Å². The standard InChI is InChI=1S/C12H18BrN5/c1-4-18-11(12(13)9(2)16-18)7-17-6-10(5-14-3)15-8-17/h6,8,14H,4-5,7H2,1-3H3. The van der Waals surface area contributed by atoms with Gasteiger partial charge in [-0.05, 0) is 36.8 Å². The van der Waals surface area contributed by atoms with Gasteiger partial charge in [-0.3, -0.25) is 4.68 Å². The minimum atomic E-state index is 0.784. The van der Waals surface area contributed by atoms with Crippen LogP contribution in [-0.4, -0.2) is 26.4 Å². The highest BCUT2D eigenvalue weighted by Crippen LogP contribution is 2.21. The Kier molecular flexibility index (Phi) is 4.19. The Balaban J connectivity index is 2.22. The maximum Gasteiger partial charge on any atom is 0.0953 e. The van der Waals surface area contributed by atoms with E-state index >= 15 is 0 Å². The molecule has 0 bridgehead atoms. The lowest BCUT2D eigenvalue weighted by Gasteiger charge is -2.06. The van der Waals surface area contributed by atoms with Crippen molar-refractivity contribution >= 4 is 15.9 Å². The van der Waals surface area contributed by atoms with Gasteiger partial charge in [0.05, 0.1) is 34.4 Å². The summed E-state index contributed by atoms with van der Waals surface area (Å²) in [4.78, 5) is 4.35. The van der Waals surface area contributed by atoms with Crippen molar-refractivity contribution in [2.24, 2.45) is 0 Å². The van der Waals surface area contributed by atoms with Crippen LogP contribution in [0.4, 0.5) is 0 Å². The highest BCUT2D eigenvalue weighted by Gasteiger charge is 2.12. The molecule has 2 rings (SSSR count). The van der Waals surface area contributed by atoms with Crippen LogP contribution in [0, 0.1) is 6.92 Å². The molecule has 0 aliphatic heterocycles. The third-order valence-corrected chi connectivity index (χ3v) is 3.86. The predicted octanol–water partition coefficient (Wildman–Crippen LogP) is 1.94. The molecule has 0 saturated heterocycles. The van der Waals surface area contributed by atoms with Gasteiger partial charge in [-0.25, -0.2) is 4.98 Å². The zero-order valence-electron chi connectivity index (χ0n) is 10.9. The molecule has 0 saturated carbocycles. The number of aromatic nitrogens is 4. The lowest BCUT2D eigenvalue weighted by molar-refractivity contribution is 0.596. The molecule has 6 heteroatoms. The van der Waals surface area contributed by atoms with E-state index in [1.165, 1.54) is 5.69 Å². The highest BCUT2D eigenvalue weighted by atomic mass is 79.9. The maximum absolute atomic E-state index is 4.49. The third-order valence-electron chi connectivity index (χ3n) is 2.83. The summed E-state index contributed by atoms with van der Waals surface area (Å²) in [6, 6.07) is 0. The number of nitrogens with zero attached hydrogens (tertiary/aromatic N) is 4. The van der Waals surface area contributed by atoms with E-state index in [0.29, 0.717) is 0 Å². The fourth-order valence-corrected chi connectivity index (χ4v) is 2.37. The van der Waals surface area contributed by atoms with Crippen LogP contribution < -0.4 is 5.32 Å². The molecular weight excluding hydrogens is 294 g/mol. The van der Waals surface area contributed by atoms with E-state index in [2.05, 4.69) is 49.0 Å². The van der Waals surface area contributed by atoms with Gasteiger partial charge in [0.1, 0.15) is 0 Å². The van der Waals surface area contributed by atoms with Gasteiger partial charge in [-0.2, -0.15) is 5.10 Å². The quantitative estimate of drug-likeness (QED) is 0.918. The molecule has 2 aromatic heterocycles. The van der Waals surface area contributed by atoms with Crippen molar-refractivity contribution in [3.05, 3.63) is 34.1 Å². The van der Waals surface area contributed by atoms with Gasteiger partial charge in [0, 0.05) is 19.3 Å². The van der Waals surface area contributed by atoms with E-state index in [9.17, 15) is 0 Å². The van der Waals surface area contributed by atoms with E-state index in [4.69, 9.17) is 0 Å². The second-order valence-electron chi connectivity index (χ2n) is 4.23. The molecule has 98 valence electrons. The Hall–Kier alpha value is -1.14. The molecule has 5 nitrogen and oxygen atoms in total. The van der Waals surface area contributed by atoms with Crippen molar-refractivity contribution in [3.8, 4) is 0 Å². The molecule has 1 N–H and O–H groups in total. The number of imidazole rings is 1. The second-order valence-corrected chi connectivity index (χ2v) is 5.02. The summed E-state index contributed by atoms with van der Waals surface area (Å²) in [6.45, 7) is 6.56. The van der Waals surface area contributed by atoms with E-state index in [1.807, 2.05) is 25.0 Å². The van der Waals surface area contributed by atoms with Gasteiger partial charge >= 0.3 is 0 Å². The molecule has 0 unspecified atom stereocenters. The summed E-state index contributed by atoms with van der Waals surface area (Å²) < 4.78 is 5.20. The van der Waals surface area contributed by atoms with Gasteiger partial charge in [0.25, 0.3) is 0 Å². The fourth-order valence-electron chi connectivity index (χ4n) is 1.96. The Morgan fingerprint density at radius 3 is 2.89 bits per heavy atom. The molecule has 2 heterocycles. The van der Waals surface area contributed by atoms with Gasteiger partial charge in [0.15, 0.2) is 0 Å². The van der Waals surface area contributed by atoms with Crippen LogP contribution in [0.25, 0.3) is 0 Å². The molecule has 0 amide bonds. The average molecular weight is 312 g/mol. The Bertz CT molecular complexity index is 529. The summed E-state index contributed by atoms with van der Waals surface area (Å²) in [5, 5.41) is 7.59. The normalized spacial score (nSPS) is 11.1. The number of aryl methyl sites for hydroxylation is 2. The molecule has 0 spiro atoms. The minimum absolute atomic E-state index is 0.784. The first-order chi connectivity index (χ1) is 8.65. The van der Waals surface area contributed by atoms with Crippen LogP contribution in [0.2, 0.25) is 0 Å². The van der Waals surface area contributed by atoms with Crippen molar-refractivity contribution in [3.63, 3.8) is 0 Å². The first kappa shape index (κ1) is 13.3. The van der Waals surface area contributed by atoms with Gasteiger partial charge in [-0.1, -0.05) is 0 Å². The molecule has 0 aliphatic rings. The molecule has 0 atom stereocenters. The zero-order chi connectivity index (χ0) is 13.1. The number of hydrogen-bond acceptors (Lipinski definition) is 3. The SMILES string of the molecule is CCn1nc(C)c(Br)c1Cn1cnc(CNC)c1. The Morgan fingerprint density at radius 1 is 1.44 bits per heavy atom. The Morgan fingerprint density at radius 2 is 2.22 bits per heavy atom. The monoisotopic (exact) mass is 311 g/mol. The van der Waals surface area contributed by atoms with Crippen LogP contribution in [0.15, 0.2) is 17.0 Å². The third kappa shape index (κ3) is 2.64. The number of rotatable bonds is 5. The smallest absolute Gasteiger partial charge is 0.0953 e. The average Bonchev–Trinajstić information content (AvgIpc) is 2.90. The first-order valence-electron chi connectivity index (χ1n) is 6.02. The van der Waals surface area contributed by atoms with Gasteiger partial charge < -0.3 is 9.88 Å². The molecule has 0 radical (unpaired) electrons. The zero-order valence-corrected chi connectivity index (χ0v) is 12.5. The minimum Gasteiger partial charge on any atom is -0.331 e.